The SMILES string of the molecule is CC1c2cc(F)cc(F)c2CCN1C(=O)[C@@H](C)N.Cl. The van der Waals surface area contributed by atoms with Crippen LogP contribution in [-0.4, -0.2) is 23.4 Å². The molecule has 0 saturated carbocycles. The van der Waals surface area contributed by atoms with Crippen molar-refractivity contribution in [3.8, 4) is 0 Å². The second-order valence-electron chi connectivity index (χ2n) is 4.70. The Morgan fingerprint density at radius 3 is 2.68 bits per heavy atom. The summed E-state index contributed by atoms with van der Waals surface area (Å²) in [6.07, 6.45) is 0.393. The predicted octanol–water partition coefficient (Wildman–Crippen LogP) is 2.18. The van der Waals surface area contributed by atoms with Crippen LogP contribution in [0.5, 0.6) is 0 Å². The van der Waals surface area contributed by atoms with E-state index < -0.39 is 17.7 Å². The lowest BCUT2D eigenvalue weighted by Gasteiger charge is -2.36. The number of hydrogen-bond acceptors (Lipinski definition) is 2. The third-order valence-corrected chi connectivity index (χ3v) is 3.39. The lowest BCUT2D eigenvalue weighted by atomic mass is 9.92. The van der Waals surface area contributed by atoms with Crippen LogP contribution in [0.2, 0.25) is 0 Å². The molecule has 3 nitrogen and oxygen atoms in total. The summed E-state index contributed by atoms with van der Waals surface area (Å²) < 4.78 is 26.9. The number of hydrogen-bond donors (Lipinski definition) is 1. The van der Waals surface area contributed by atoms with Crippen molar-refractivity contribution in [1.82, 2.24) is 4.90 Å². The average molecular weight is 291 g/mol. The van der Waals surface area contributed by atoms with Crippen LogP contribution in [0.1, 0.15) is 31.0 Å². The quantitative estimate of drug-likeness (QED) is 0.862. The first kappa shape index (κ1) is 15.9. The number of carbonyl (C=O) groups is 1. The molecule has 1 aromatic rings. The zero-order valence-corrected chi connectivity index (χ0v) is 11.6. The van der Waals surface area contributed by atoms with Crippen LogP contribution in [0.15, 0.2) is 12.1 Å². The van der Waals surface area contributed by atoms with Gasteiger partial charge in [0, 0.05) is 12.6 Å². The minimum atomic E-state index is -0.617. The molecular weight excluding hydrogens is 274 g/mol. The Hall–Kier alpha value is -1.20. The summed E-state index contributed by atoms with van der Waals surface area (Å²) in [6.45, 7) is 3.78. The topological polar surface area (TPSA) is 46.3 Å². The van der Waals surface area contributed by atoms with Gasteiger partial charge in [-0.05, 0) is 37.5 Å². The fraction of sp³-hybridized carbons (Fsp3) is 0.462. The molecule has 2 atom stereocenters. The molecule has 1 aliphatic heterocycles. The zero-order chi connectivity index (χ0) is 13.4. The highest BCUT2D eigenvalue weighted by atomic mass is 35.5. The van der Waals surface area contributed by atoms with E-state index in [1.54, 1.807) is 18.7 Å². The van der Waals surface area contributed by atoms with E-state index in [0.717, 1.165) is 6.07 Å². The monoisotopic (exact) mass is 290 g/mol. The number of benzene rings is 1. The van der Waals surface area contributed by atoms with Gasteiger partial charge in [-0.2, -0.15) is 0 Å². The van der Waals surface area contributed by atoms with Crippen molar-refractivity contribution in [3.05, 3.63) is 34.9 Å². The molecule has 0 spiro atoms. The summed E-state index contributed by atoms with van der Waals surface area (Å²) in [6, 6.07) is 1.23. The first-order valence-electron chi connectivity index (χ1n) is 5.95. The molecule has 0 fully saturated rings. The fourth-order valence-corrected chi connectivity index (χ4v) is 2.42. The molecular formula is C13H17ClF2N2O. The molecule has 1 amide bonds. The van der Waals surface area contributed by atoms with E-state index in [1.165, 1.54) is 6.07 Å². The number of halogens is 3. The Bertz CT molecular complexity index is 494. The summed E-state index contributed by atoms with van der Waals surface area (Å²) in [4.78, 5) is 13.5. The van der Waals surface area contributed by atoms with Crippen LogP contribution < -0.4 is 5.73 Å². The lowest BCUT2D eigenvalue weighted by molar-refractivity contribution is -0.134. The number of nitrogens with two attached hydrogens (primary N) is 1. The Morgan fingerprint density at radius 1 is 1.47 bits per heavy atom. The number of fused-ring (bicyclic) bond motifs is 1. The first-order valence-corrected chi connectivity index (χ1v) is 5.95. The number of amides is 1. The third kappa shape index (κ3) is 2.87. The number of rotatable bonds is 1. The van der Waals surface area contributed by atoms with E-state index in [0.29, 0.717) is 24.1 Å². The molecule has 0 saturated heterocycles. The zero-order valence-electron chi connectivity index (χ0n) is 10.8. The van der Waals surface area contributed by atoms with Gasteiger partial charge in [0.1, 0.15) is 11.6 Å². The van der Waals surface area contributed by atoms with Gasteiger partial charge in [-0.15, -0.1) is 12.4 Å². The summed E-state index contributed by atoms with van der Waals surface area (Å²) in [5.74, 6) is -1.35. The van der Waals surface area contributed by atoms with E-state index in [-0.39, 0.29) is 24.4 Å². The largest absolute Gasteiger partial charge is 0.334 e. The van der Waals surface area contributed by atoms with E-state index in [1.807, 2.05) is 0 Å². The number of carbonyl (C=O) groups excluding carboxylic acids is 1. The van der Waals surface area contributed by atoms with Gasteiger partial charge in [-0.3, -0.25) is 4.79 Å². The van der Waals surface area contributed by atoms with Gasteiger partial charge in [0.2, 0.25) is 5.91 Å². The van der Waals surface area contributed by atoms with Gasteiger partial charge in [-0.1, -0.05) is 0 Å². The highest BCUT2D eigenvalue weighted by Crippen LogP contribution is 2.31. The predicted molar refractivity (Wildman–Crippen MR) is 71.1 cm³/mol. The molecule has 1 aliphatic rings. The van der Waals surface area contributed by atoms with Gasteiger partial charge >= 0.3 is 0 Å². The van der Waals surface area contributed by atoms with Gasteiger partial charge in [0.25, 0.3) is 0 Å². The molecule has 2 rings (SSSR count). The highest BCUT2D eigenvalue weighted by molar-refractivity contribution is 5.85. The second-order valence-corrected chi connectivity index (χ2v) is 4.70. The summed E-state index contributed by atoms with van der Waals surface area (Å²) in [5.41, 5.74) is 6.60. The molecule has 0 aliphatic carbocycles. The summed E-state index contributed by atoms with van der Waals surface area (Å²) in [5, 5.41) is 0. The van der Waals surface area contributed by atoms with Gasteiger partial charge in [-0.25, -0.2) is 8.78 Å². The van der Waals surface area contributed by atoms with Crippen LogP contribution in [0.3, 0.4) is 0 Å². The molecule has 0 aromatic heterocycles. The molecule has 1 heterocycles. The molecule has 6 heteroatoms. The van der Waals surface area contributed by atoms with E-state index in [9.17, 15) is 13.6 Å². The molecule has 106 valence electrons. The lowest BCUT2D eigenvalue weighted by Crippen LogP contribution is -2.46. The minimum absolute atomic E-state index is 0. The maximum absolute atomic E-state index is 13.6. The van der Waals surface area contributed by atoms with Crippen LogP contribution in [0, 0.1) is 11.6 Å². The molecule has 2 N–H and O–H groups in total. The van der Waals surface area contributed by atoms with Crippen molar-refractivity contribution in [3.63, 3.8) is 0 Å². The van der Waals surface area contributed by atoms with Crippen molar-refractivity contribution in [2.75, 3.05) is 6.54 Å². The van der Waals surface area contributed by atoms with Crippen LogP contribution in [-0.2, 0) is 11.2 Å². The molecule has 0 bridgehead atoms. The van der Waals surface area contributed by atoms with Crippen molar-refractivity contribution in [2.24, 2.45) is 5.73 Å². The summed E-state index contributed by atoms with van der Waals surface area (Å²) >= 11 is 0. The smallest absolute Gasteiger partial charge is 0.239 e. The Labute approximate surface area is 117 Å². The highest BCUT2D eigenvalue weighted by Gasteiger charge is 2.30. The Kier molecular flexibility index (Phi) is 4.87. The van der Waals surface area contributed by atoms with Gasteiger partial charge in [0.15, 0.2) is 0 Å². The standard InChI is InChI=1S/C13H16F2N2O.ClH/c1-7(16)13(18)17-4-3-10-11(8(17)2)5-9(14)6-12(10)15;/h5-8H,3-4,16H2,1-2H3;1H/t7-,8?;/m1./s1. The maximum atomic E-state index is 13.6. The normalized spacial score (nSPS) is 19.4. The molecule has 0 radical (unpaired) electrons. The first-order chi connectivity index (χ1) is 8.41. The number of nitrogens with zero attached hydrogens (tertiary/aromatic N) is 1. The fourth-order valence-electron chi connectivity index (χ4n) is 2.42. The molecule has 1 aromatic carbocycles. The van der Waals surface area contributed by atoms with Crippen LogP contribution in [0.25, 0.3) is 0 Å². The molecule has 19 heavy (non-hydrogen) atoms. The summed E-state index contributed by atoms with van der Waals surface area (Å²) in [7, 11) is 0. The van der Waals surface area contributed by atoms with E-state index in [4.69, 9.17) is 5.73 Å². The van der Waals surface area contributed by atoms with Crippen molar-refractivity contribution >= 4 is 18.3 Å². The van der Waals surface area contributed by atoms with Crippen LogP contribution in [0.4, 0.5) is 8.78 Å². The Balaban J connectivity index is 0.00000180. The third-order valence-electron chi connectivity index (χ3n) is 3.39. The van der Waals surface area contributed by atoms with Crippen LogP contribution >= 0.6 is 12.4 Å². The van der Waals surface area contributed by atoms with E-state index in [2.05, 4.69) is 0 Å². The van der Waals surface area contributed by atoms with Gasteiger partial charge in [0.05, 0.1) is 12.1 Å². The molecule has 1 unspecified atom stereocenters. The second kappa shape index (κ2) is 5.84. The van der Waals surface area contributed by atoms with Crippen molar-refractivity contribution in [2.45, 2.75) is 32.4 Å². The van der Waals surface area contributed by atoms with Gasteiger partial charge < -0.3 is 10.6 Å². The average Bonchev–Trinajstić information content (AvgIpc) is 2.29. The van der Waals surface area contributed by atoms with E-state index >= 15 is 0 Å². The Morgan fingerprint density at radius 2 is 2.11 bits per heavy atom. The maximum Gasteiger partial charge on any atom is 0.239 e. The minimum Gasteiger partial charge on any atom is -0.334 e. The van der Waals surface area contributed by atoms with Crippen molar-refractivity contribution in [1.29, 1.82) is 0 Å². The van der Waals surface area contributed by atoms with Crippen molar-refractivity contribution < 1.29 is 13.6 Å².